The second-order valence-corrected chi connectivity index (χ2v) is 5.18. The van der Waals surface area contributed by atoms with Crippen LogP contribution in [0, 0.1) is 0 Å². The Morgan fingerprint density at radius 1 is 1.44 bits per heavy atom. The first-order valence-electron chi connectivity index (χ1n) is 5.63. The van der Waals surface area contributed by atoms with Crippen molar-refractivity contribution in [1.82, 2.24) is 14.7 Å². The van der Waals surface area contributed by atoms with E-state index in [0.29, 0.717) is 0 Å². The van der Waals surface area contributed by atoms with Crippen molar-refractivity contribution < 1.29 is 19.5 Å². The van der Waals surface area contributed by atoms with Crippen LogP contribution in [0.15, 0.2) is 0 Å². The standard InChI is InChI=1S/C11H19N3O4/c1-11(2,18)7-13(4)8(15)6-14-9(16)5-12(3)10(14)17/h18H,5-7H2,1-4H3. The van der Waals surface area contributed by atoms with Crippen LogP contribution < -0.4 is 0 Å². The zero-order valence-electron chi connectivity index (χ0n) is 11.1. The van der Waals surface area contributed by atoms with Crippen molar-refractivity contribution in [1.29, 1.82) is 0 Å². The molecule has 0 atom stereocenters. The summed E-state index contributed by atoms with van der Waals surface area (Å²) in [6, 6.07) is -0.468. The minimum absolute atomic E-state index is 0.00131. The summed E-state index contributed by atoms with van der Waals surface area (Å²) >= 11 is 0. The fourth-order valence-corrected chi connectivity index (χ4v) is 1.75. The number of hydrogen-bond donors (Lipinski definition) is 1. The molecule has 1 aliphatic rings. The van der Waals surface area contributed by atoms with Crippen molar-refractivity contribution in [2.75, 3.05) is 33.7 Å². The van der Waals surface area contributed by atoms with Crippen LogP contribution in [-0.2, 0) is 9.59 Å². The summed E-state index contributed by atoms with van der Waals surface area (Å²) in [4.78, 5) is 38.4. The molecule has 1 rings (SSSR count). The van der Waals surface area contributed by atoms with Crippen molar-refractivity contribution in [2.24, 2.45) is 0 Å². The predicted octanol–water partition coefficient (Wildman–Crippen LogP) is -0.890. The number of imide groups is 1. The Labute approximate surface area is 106 Å². The van der Waals surface area contributed by atoms with Gasteiger partial charge in [-0.3, -0.25) is 14.5 Å². The minimum atomic E-state index is -1.01. The number of hydrogen-bond acceptors (Lipinski definition) is 4. The van der Waals surface area contributed by atoms with Gasteiger partial charge in [0.15, 0.2) is 0 Å². The van der Waals surface area contributed by atoms with Gasteiger partial charge in [-0.15, -0.1) is 0 Å². The van der Waals surface area contributed by atoms with Gasteiger partial charge in [-0.05, 0) is 13.8 Å². The van der Waals surface area contributed by atoms with E-state index in [4.69, 9.17) is 0 Å². The maximum atomic E-state index is 11.8. The molecule has 0 spiro atoms. The molecule has 0 aromatic carbocycles. The highest BCUT2D eigenvalue weighted by Crippen LogP contribution is 2.09. The monoisotopic (exact) mass is 257 g/mol. The second kappa shape index (κ2) is 4.93. The molecule has 0 unspecified atom stereocenters. The van der Waals surface area contributed by atoms with Crippen molar-refractivity contribution >= 4 is 17.8 Å². The molecule has 18 heavy (non-hydrogen) atoms. The van der Waals surface area contributed by atoms with E-state index in [0.717, 1.165) is 4.90 Å². The molecule has 0 aromatic rings. The Bertz CT molecular complexity index is 375. The summed E-state index contributed by atoms with van der Waals surface area (Å²) in [7, 11) is 3.03. The smallest absolute Gasteiger partial charge is 0.327 e. The van der Waals surface area contributed by atoms with Crippen molar-refractivity contribution in [3.05, 3.63) is 0 Å². The molecule has 1 saturated heterocycles. The maximum absolute atomic E-state index is 11.8. The van der Waals surface area contributed by atoms with Gasteiger partial charge in [0.2, 0.25) is 5.91 Å². The van der Waals surface area contributed by atoms with Crippen LogP contribution in [0.2, 0.25) is 0 Å². The van der Waals surface area contributed by atoms with Crippen molar-refractivity contribution in [3.63, 3.8) is 0 Å². The lowest BCUT2D eigenvalue weighted by Crippen LogP contribution is -2.46. The van der Waals surface area contributed by atoms with Gasteiger partial charge < -0.3 is 14.9 Å². The Balaban J connectivity index is 2.60. The van der Waals surface area contributed by atoms with Gasteiger partial charge in [0.1, 0.15) is 13.1 Å². The van der Waals surface area contributed by atoms with E-state index < -0.39 is 11.6 Å². The predicted molar refractivity (Wildman–Crippen MR) is 63.7 cm³/mol. The maximum Gasteiger partial charge on any atom is 0.327 e. The Hall–Kier alpha value is -1.63. The molecule has 1 N–H and O–H groups in total. The third-order valence-electron chi connectivity index (χ3n) is 2.57. The second-order valence-electron chi connectivity index (χ2n) is 5.18. The number of nitrogens with zero attached hydrogens (tertiary/aromatic N) is 3. The molecule has 0 aliphatic carbocycles. The summed E-state index contributed by atoms with van der Waals surface area (Å²) in [6.45, 7) is 3.02. The molecule has 102 valence electrons. The Morgan fingerprint density at radius 2 is 2.00 bits per heavy atom. The quantitative estimate of drug-likeness (QED) is 0.662. The van der Waals surface area contributed by atoms with Gasteiger partial charge in [0.25, 0.3) is 5.91 Å². The van der Waals surface area contributed by atoms with Gasteiger partial charge in [0, 0.05) is 20.6 Å². The summed E-state index contributed by atoms with van der Waals surface area (Å²) in [5.74, 6) is -0.762. The zero-order valence-corrected chi connectivity index (χ0v) is 11.1. The van der Waals surface area contributed by atoms with Crippen LogP contribution in [0.5, 0.6) is 0 Å². The average molecular weight is 257 g/mol. The zero-order chi connectivity index (χ0) is 14.1. The highest BCUT2D eigenvalue weighted by Gasteiger charge is 2.35. The Kier molecular flexibility index (Phi) is 3.95. The van der Waals surface area contributed by atoms with Gasteiger partial charge in [-0.1, -0.05) is 0 Å². The third-order valence-corrected chi connectivity index (χ3v) is 2.57. The summed E-state index contributed by atoms with van der Waals surface area (Å²) in [6.07, 6.45) is 0. The van der Waals surface area contributed by atoms with Crippen LogP contribution in [0.3, 0.4) is 0 Å². The topological polar surface area (TPSA) is 81.2 Å². The molecule has 1 heterocycles. The van der Waals surface area contributed by atoms with Crippen LogP contribution in [0.4, 0.5) is 4.79 Å². The molecule has 0 aromatic heterocycles. The molecule has 1 fully saturated rings. The molecule has 7 nitrogen and oxygen atoms in total. The largest absolute Gasteiger partial charge is 0.389 e. The summed E-state index contributed by atoms with van der Waals surface area (Å²) in [5, 5.41) is 9.59. The van der Waals surface area contributed by atoms with E-state index in [2.05, 4.69) is 0 Å². The lowest BCUT2D eigenvalue weighted by Gasteiger charge is -2.26. The highest BCUT2D eigenvalue weighted by molar-refractivity contribution is 6.04. The minimum Gasteiger partial charge on any atom is -0.389 e. The molecule has 1 aliphatic heterocycles. The van der Waals surface area contributed by atoms with Gasteiger partial charge in [0.05, 0.1) is 5.60 Å². The number of amides is 4. The van der Waals surface area contributed by atoms with E-state index in [1.54, 1.807) is 13.8 Å². The number of urea groups is 1. The molecular weight excluding hydrogens is 238 g/mol. The normalized spacial score (nSPS) is 16.5. The van der Waals surface area contributed by atoms with E-state index in [-0.39, 0.29) is 31.4 Å². The van der Waals surface area contributed by atoms with E-state index in [1.807, 2.05) is 0 Å². The number of aliphatic hydroxyl groups is 1. The first kappa shape index (κ1) is 14.4. The number of likely N-dealkylation sites (N-methyl/N-ethyl adjacent to an activating group) is 2. The molecule has 0 radical (unpaired) electrons. The lowest BCUT2D eigenvalue weighted by atomic mass is 10.1. The fourth-order valence-electron chi connectivity index (χ4n) is 1.75. The SMILES string of the molecule is CN(CC(C)(C)O)C(=O)CN1C(=O)CN(C)C1=O. The third kappa shape index (κ3) is 3.43. The lowest BCUT2D eigenvalue weighted by molar-refractivity contribution is -0.137. The van der Waals surface area contributed by atoms with Crippen LogP contribution in [0.25, 0.3) is 0 Å². The molecular formula is C11H19N3O4. The van der Waals surface area contributed by atoms with Crippen molar-refractivity contribution in [2.45, 2.75) is 19.4 Å². The average Bonchev–Trinajstić information content (AvgIpc) is 2.42. The van der Waals surface area contributed by atoms with Gasteiger partial charge >= 0.3 is 6.03 Å². The van der Waals surface area contributed by atoms with Crippen LogP contribution in [0.1, 0.15) is 13.8 Å². The van der Waals surface area contributed by atoms with Gasteiger partial charge in [-0.25, -0.2) is 4.79 Å². The summed E-state index contributed by atoms with van der Waals surface area (Å²) < 4.78 is 0. The number of carbonyl (C=O) groups is 3. The van der Waals surface area contributed by atoms with Crippen LogP contribution >= 0.6 is 0 Å². The summed E-state index contributed by atoms with van der Waals surface area (Å²) in [5.41, 5.74) is -1.01. The first-order valence-corrected chi connectivity index (χ1v) is 5.63. The van der Waals surface area contributed by atoms with E-state index >= 15 is 0 Å². The van der Waals surface area contributed by atoms with E-state index in [1.165, 1.54) is 23.9 Å². The first-order chi connectivity index (χ1) is 8.11. The van der Waals surface area contributed by atoms with Crippen molar-refractivity contribution in [3.8, 4) is 0 Å². The fraction of sp³-hybridized carbons (Fsp3) is 0.727. The molecule has 0 saturated carbocycles. The Morgan fingerprint density at radius 3 is 2.39 bits per heavy atom. The molecule has 0 bridgehead atoms. The number of rotatable bonds is 4. The molecule has 4 amide bonds. The number of carbonyl (C=O) groups excluding carboxylic acids is 3. The van der Waals surface area contributed by atoms with E-state index in [9.17, 15) is 19.5 Å². The van der Waals surface area contributed by atoms with Gasteiger partial charge in [-0.2, -0.15) is 0 Å². The molecule has 7 heteroatoms. The van der Waals surface area contributed by atoms with Crippen LogP contribution in [-0.4, -0.2) is 77.0 Å². The highest BCUT2D eigenvalue weighted by atomic mass is 16.3.